The minimum absolute atomic E-state index is 0.181. The van der Waals surface area contributed by atoms with E-state index in [1.165, 1.54) is 19.3 Å². The Morgan fingerprint density at radius 3 is 2.41 bits per heavy atom. The lowest BCUT2D eigenvalue weighted by molar-refractivity contribution is 0.0471. The molecule has 2 atom stereocenters. The van der Waals surface area contributed by atoms with Crippen LogP contribution in [0.2, 0.25) is 0 Å². The number of ether oxygens (including phenoxy) is 1. The van der Waals surface area contributed by atoms with Crippen LogP contribution in [0.4, 0.5) is 0 Å². The zero-order valence-electron chi connectivity index (χ0n) is 14.5. The first-order chi connectivity index (χ1) is 10.5. The van der Waals surface area contributed by atoms with Gasteiger partial charge in [0.1, 0.15) is 6.61 Å². The zero-order valence-corrected chi connectivity index (χ0v) is 14.5. The molecule has 0 aliphatic carbocycles. The number of esters is 1. The van der Waals surface area contributed by atoms with Crippen LogP contribution in [0.5, 0.6) is 0 Å². The van der Waals surface area contributed by atoms with Gasteiger partial charge in [-0.1, -0.05) is 51.8 Å². The van der Waals surface area contributed by atoms with E-state index in [2.05, 4.69) is 33.0 Å². The van der Waals surface area contributed by atoms with Gasteiger partial charge in [0.15, 0.2) is 0 Å². The Morgan fingerprint density at radius 2 is 1.77 bits per heavy atom. The summed E-state index contributed by atoms with van der Waals surface area (Å²) in [6.07, 6.45) is 3.84. The highest BCUT2D eigenvalue weighted by molar-refractivity contribution is 5.89. The van der Waals surface area contributed by atoms with Crippen LogP contribution in [-0.2, 0) is 4.74 Å². The van der Waals surface area contributed by atoms with Crippen molar-refractivity contribution in [2.24, 2.45) is 11.8 Å². The molecule has 0 heterocycles. The molecule has 0 amide bonds. The molecule has 1 N–H and O–H groups in total. The van der Waals surface area contributed by atoms with E-state index in [1.807, 2.05) is 18.2 Å². The van der Waals surface area contributed by atoms with Gasteiger partial charge in [-0.25, -0.2) is 4.79 Å². The molecular weight excluding hydrogens is 274 g/mol. The number of carbonyl (C=O) groups is 1. The smallest absolute Gasteiger partial charge is 0.338 e. The summed E-state index contributed by atoms with van der Waals surface area (Å²) in [5.41, 5.74) is 0.608. The fraction of sp³-hybridized carbons (Fsp3) is 0.632. The highest BCUT2D eigenvalue weighted by atomic mass is 16.5. The third-order valence-electron chi connectivity index (χ3n) is 3.77. The summed E-state index contributed by atoms with van der Waals surface area (Å²) in [5, 5.41) is 3.45. The second-order valence-electron chi connectivity index (χ2n) is 6.70. The summed E-state index contributed by atoms with van der Waals surface area (Å²) in [4.78, 5) is 11.8. The van der Waals surface area contributed by atoms with Gasteiger partial charge in [0.05, 0.1) is 5.56 Å². The molecule has 1 aromatic rings. The molecule has 0 radical (unpaired) electrons. The fourth-order valence-electron chi connectivity index (χ4n) is 2.30. The molecule has 124 valence electrons. The minimum atomic E-state index is -0.251. The molecule has 0 saturated heterocycles. The molecular formula is C19H31NO2. The van der Waals surface area contributed by atoms with Crippen molar-refractivity contribution in [3.05, 3.63) is 35.9 Å². The molecule has 0 bridgehead atoms. The maximum absolute atomic E-state index is 11.8. The molecule has 0 aliphatic heterocycles. The summed E-state index contributed by atoms with van der Waals surface area (Å²) in [7, 11) is 0. The van der Waals surface area contributed by atoms with Crippen molar-refractivity contribution in [1.29, 1.82) is 0 Å². The van der Waals surface area contributed by atoms with Gasteiger partial charge in [-0.05, 0) is 43.9 Å². The summed E-state index contributed by atoms with van der Waals surface area (Å²) in [5.74, 6) is 1.20. The van der Waals surface area contributed by atoms with Gasteiger partial charge in [0.2, 0.25) is 0 Å². The van der Waals surface area contributed by atoms with Crippen molar-refractivity contribution >= 4 is 5.97 Å². The van der Waals surface area contributed by atoms with Crippen LogP contribution >= 0.6 is 0 Å². The molecule has 2 unspecified atom stereocenters. The van der Waals surface area contributed by atoms with Crippen LogP contribution in [0.25, 0.3) is 0 Å². The highest BCUT2D eigenvalue weighted by Crippen LogP contribution is 2.11. The van der Waals surface area contributed by atoms with Crippen LogP contribution in [0.15, 0.2) is 30.3 Å². The summed E-state index contributed by atoms with van der Waals surface area (Å²) in [6, 6.07) is 9.31. The monoisotopic (exact) mass is 305 g/mol. The van der Waals surface area contributed by atoms with Crippen molar-refractivity contribution in [3.8, 4) is 0 Å². The lowest BCUT2D eigenvalue weighted by Crippen LogP contribution is -2.34. The number of hydrogen-bond donors (Lipinski definition) is 1. The van der Waals surface area contributed by atoms with Crippen molar-refractivity contribution in [2.75, 3.05) is 13.2 Å². The lowest BCUT2D eigenvalue weighted by Gasteiger charge is -2.18. The minimum Gasteiger partial charge on any atom is -0.460 e. The fourth-order valence-corrected chi connectivity index (χ4v) is 2.30. The van der Waals surface area contributed by atoms with E-state index in [-0.39, 0.29) is 12.0 Å². The van der Waals surface area contributed by atoms with Gasteiger partial charge in [0.25, 0.3) is 0 Å². The van der Waals surface area contributed by atoms with Crippen LogP contribution in [0.1, 0.15) is 57.3 Å². The topological polar surface area (TPSA) is 38.3 Å². The Labute approximate surface area is 135 Å². The van der Waals surface area contributed by atoms with E-state index in [0.717, 1.165) is 12.5 Å². The average molecular weight is 305 g/mol. The zero-order chi connectivity index (χ0) is 16.4. The lowest BCUT2D eigenvalue weighted by atomic mass is 9.99. The van der Waals surface area contributed by atoms with E-state index < -0.39 is 0 Å². The third kappa shape index (κ3) is 8.18. The standard InChI is InChI=1S/C19H31NO2/c1-15(2)9-8-10-16(3)13-20-17(4)14-22-19(21)18-11-6-5-7-12-18/h5-7,11-12,15-17,20H,8-10,13-14H2,1-4H3. The largest absolute Gasteiger partial charge is 0.460 e. The Hall–Kier alpha value is -1.35. The quantitative estimate of drug-likeness (QED) is 0.656. The number of rotatable bonds is 10. The Morgan fingerprint density at radius 1 is 1.09 bits per heavy atom. The van der Waals surface area contributed by atoms with Crippen molar-refractivity contribution in [2.45, 2.75) is 53.0 Å². The Kier molecular flexibility index (Phi) is 8.83. The Bertz CT molecular complexity index is 417. The van der Waals surface area contributed by atoms with E-state index in [4.69, 9.17) is 4.74 Å². The van der Waals surface area contributed by atoms with Crippen LogP contribution in [0.3, 0.4) is 0 Å². The summed E-state index contributed by atoms with van der Waals surface area (Å²) >= 11 is 0. The van der Waals surface area contributed by atoms with Gasteiger partial charge >= 0.3 is 5.97 Å². The van der Waals surface area contributed by atoms with Gasteiger partial charge < -0.3 is 10.1 Å². The van der Waals surface area contributed by atoms with Crippen molar-refractivity contribution in [1.82, 2.24) is 5.32 Å². The molecule has 0 aliphatic rings. The van der Waals surface area contributed by atoms with Crippen LogP contribution in [-0.4, -0.2) is 25.2 Å². The van der Waals surface area contributed by atoms with E-state index in [9.17, 15) is 4.79 Å². The maximum Gasteiger partial charge on any atom is 0.338 e. The second kappa shape index (κ2) is 10.4. The molecule has 3 heteroatoms. The first-order valence-electron chi connectivity index (χ1n) is 8.44. The van der Waals surface area contributed by atoms with Crippen molar-refractivity contribution in [3.63, 3.8) is 0 Å². The highest BCUT2D eigenvalue weighted by Gasteiger charge is 2.10. The SMILES string of the molecule is CC(C)CCCC(C)CNC(C)COC(=O)c1ccccc1. The molecule has 0 spiro atoms. The average Bonchev–Trinajstić information content (AvgIpc) is 2.51. The number of carbonyl (C=O) groups excluding carboxylic acids is 1. The molecule has 22 heavy (non-hydrogen) atoms. The molecule has 1 rings (SSSR count). The molecule has 0 fully saturated rings. The second-order valence-corrected chi connectivity index (χ2v) is 6.70. The van der Waals surface area contributed by atoms with Crippen LogP contribution < -0.4 is 5.32 Å². The van der Waals surface area contributed by atoms with Gasteiger partial charge in [-0.2, -0.15) is 0 Å². The third-order valence-corrected chi connectivity index (χ3v) is 3.77. The first kappa shape index (κ1) is 18.7. The van der Waals surface area contributed by atoms with E-state index in [1.54, 1.807) is 12.1 Å². The predicted molar refractivity (Wildman–Crippen MR) is 92.0 cm³/mol. The molecule has 3 nitrogen and oxygen atoms in total. The predicted octanol–water partition coefficient (Wildman–Crippen LogP) is 4.28. The van der Waals surface area contributed by atoms with Crippen molar-refractivity contribution < 1.29 is 9.53 Å². The number of benzene rings is 1. The van der Waals surface area contributed by atoms with E-state index >= 15 is 0 Å². The van der Waals surface area contributed by atoms with Gasteiger partial charge in [-0.15, -0.1) is 0 Å². The first-order valence-corrected chi connectivity index (χ1v) is 8.44. The summed E-state index contributed by atoms with van der Waals surface area (Å²) < 4.78 is 5.33. The van der Waals surface area contributed by atoms with E-state index in [0.29, 0.717) is 18.1 Å². The maximum atomic E-state index is 11.8. The van der Waals surface area contributed by atoms with Crippen LogP contribution in [0, 0.1) is 11.8 Å². The number of nitrogens with one attached hydrogen (secondary N) is 1. The molecule has 1 aromatic carbocycles. The number of hydrogen-bond acceptors (Lipinski definition) is 3. The summed E-state index contributed by atoms with van der Waals surface area (Å²) in [6.45, 7) is 10.3. The normalized spacial score (nSPS) is 13.9. The Balaban J connectivity index is 2.15. The molecule has 0 saturated carbocycles. The van der Waals surface area contributed by atoms with Gasteiger partial charge in [0, 0.05) is 6.04 Å². The molecule has 0 aromatic heterocycles. The van der Waals surface area contributed by atoms with Gasteiger partial charge in [-0.3, -0.25) is 0 Å².